The molecule has 0 bridgehead atoms. The Morgan fingerprint density at radius 2 is 1.81 bits per heavy atom. The predicted octanol–water partition coefficient (Wildman–Crippen LogP) is 3.14. The second-order valence-corrected chi connectivity index (χ2v) is 6.06. The van der Waals surface area contributed by atoms with E-state index in [4.69, 9.17) is 4.52 Å². The van der Waals surface area contributed by atoms with Crippen molar-refractivity contribution in [3.05, 3.63) is 53.5 Å². The van der Waals surface area contributed by atoms with Gasteiger partial charge in [-0.05, 0) is 44.2 Å². The van der Waals surface area contributed by atoms with Crippen molar-refractivity contribution >= 4 is 29.0 Å². The van der Waals surface area contributed by atoms with E-state index in [1.807, 2.05) is 43.3 Å². The third-order valence-electron chi connectivity index (χ3n) is 3.60. The molecule has 0 spiro atoms. The van der Waals surface area contributed by atoms with Crippen LogP contribution >= 0.6 is 0 Å². The van der Waals surface area contributed by atoms with Crippen LogP contribution in [0.15, 0.2) is 40.9 Å². The molecule has 1 aromatic carbocycles. The molecule has 2 N–H and O–H groups in total. The molecule has 2 heterocycles. The van der Waals surface area contributed by atoms with Gasteiger partial charge in [-0.15, -0.1) is 0 Å². The molecule has 0 aliphatic rings. The van der Waals surface area contributed by atoms with E-state index in [1.165, 1.54) is 0 Å². The van der Waals surface area contributed by atoms with E-state index in [0.29, 0.717) is 23.2 Å². The lowest BCUT2D eigenvalue weighted by Gasteiger charge is -2.13. The van der Waals surface area contributed by atoms with Crippen LogP contribution < -0.4 is 15.5 Å². The number of nitrogens with one attached hydrogen (secondary N) is 2. The molecule has 134 valence electrons. The number of hydrogen-bond donors (Lipinski definition) is 2. The van der Waals surface area contributed by atoms with E-state index in [-0.39, 0.29) is 11.6 Å². The van der Waals surface area contributed by atoms with Gasteiger partial charge >= 0.3 is 0 Å². The molecule has 3 aromatic rings. The first-order valence-corrected chi connectivity index (χ1v) is 8.05. The summed E-state index contributed by atoms with van der Waals surface area (Å²) in [6, 6.07) is 11.1. The van der Waals surface area contributed by atoms with E-state index < -0.39 is 0 Å². The number of carbonyl (C=O) groups excluding carboxylic acids is 1. The number of aryl methyl sites for hydroxylation is 2. The lowest BCUT2D eigenvalue weighted by molar-refractivity contribution is 0.102. The highest BCUT2D eigenvalue weighted by Crippen LogP contribution is 2.19. The number of carbonyl (C=O) groups is 1. The summed E-state index contributed by atoms with van der Waals surface area (Å²) in [5.74, 6) is 0.930. The zero-order chi connectivity index (χ0) is 18.7. The maximum absolute atomic E-state index is 12.4. The zero-order valence-corrected chi connectivity index (χ0v) is 15.1. The number of amides is 1. The normalized spacial score (nSPS) is 10.5. The average molecular weight is 352 g/mol. The fourth-order valence-electron chi connectivity index (χ4n) is 2.32. The van der Waals surface area contributed by atoms with Crippen LogP contribution in [0.25, 0.3) is 0 Å². The molecule has 2 aromatic heterocycles. The van der Waals surface area contributed by atoms with Gasteiger partial charge in [-0.3, -0.25) is 4.79 Å². The second-order valence-electron chi connectivity index (χ2n) is 6.06. The Morgan fingerprint density at radius 1 is 1.08 bits per heavy atom. The van der Waals surface area contributed by atoms with Gasteiger partial charge in [0.2, 0.25) is 5.95 Å². The Morgan fingerprint density at radius 3 is 2.42 bits per heavy atom. The van der Waals surface area contributed by atoms with Crippen molar-refractivity contribution < 1.29 is 9.32 Å². The van der Waals surface area contributed by atoms with Crippen LogP contribution in [0.2, 0.25) is 0 Å². The van der Waals surface area contributed by atoms with Crippen molar-refractivity contribution in [1.29, 1.82) is 0 Å². The van der Waals surface area contributed by atoms with Gasteiger partial charge < -0.3 is 20.1 Å². The van der Waals surface area contributed by atoms with E-state index in [2.05, 4.69) is 25.8 Å². The van der Waals surface area contributed by atoms with E-state index >= 15 is 0 Å². The van der Waals surface area contributed by atoms with Crippen molar-refractivity contribution in [2.24, 2.45) is 0 Å². The predicted molar refractivity (Wildman–Crippen MR) is 100 cm³/mol. The van der Waals surface area contributed by atoms with Gasteiger partial charge in [0.1, 0.15) is 11.5 Å². The highest BCUT2D eigenvalue weighted by molar-refractivity contribution is 6.02. The number of nitrogens with zero attached hydrogens (tertiary/aromatic N) is 4. The summed E-state index contributed by atoms with van der Waals surface area (Å²) in [5, 5.41) is 9.52. The lowest BCUT2D eigenvalue weighted by Crippen LogP contribution is -2.15. The molecule has 8 heteroatoms. The van der Waals surface area contributed by atoms with Crippen LogP contribution in [0.1, 0.15) is 21.9 Å². The number of aromatic nitrogens is 3. The van der Waals surface area contributed by atoms with Crippen molar-refractivity contribution in [3.63, 3.8) is 0 Å². The summed E-state index contributed by atoms with van der Waals surface area (Å²) < 4.78 is 4.94. The molecule has 1 amide bonds. The van der Waals surface area contributed by atoms with Gasteiger partial charge in [-0.25, -0.2) is 9.97 Å². The minimum absolute atomic E-state index is 0.241. The molecule has 3 rings (SSSR count). The lowest BCUT2D eigenvalue weighted by atomic mass is 10.2. The first-order valence-electron chi connectivity index (χ1n) is 8.05. The fraction of sp³-hybridized carbons (Fsp3) is 0.222. The van der Waals surface area contributed by atoms with Gasteiger partial charge in [0.25, 0.3) is 5.91 Å². The summed E-state index contributed by atoms with van der Waals surface area (Å²) in [7, 11) is 3.96. The molecule has 0 unspecified atom stereocenters. The smallest absolute Gasteiger partial charge is 0.275 e. The maximum Gasteiger partial charge on any atom is 0.275 e. The van der Waals surface area contributed by atoms with Gasteiger partial charge in [0, 0.05) is 37.2 Å². The molecule has 26 heavy (non-hydrogen) atoms. The summed E-state index contributed by atoms with van der Waals surface area (Å²) >= 11 is 0. The summed E-state index contributed by atoms with van der Waals surface area (Å²) in [4.78, 5) is 23.0. The maximum atomic E-state index is 12.4. The Balaban J connectivity index is 1.77. The molecular formula is C18H20N6O2. The van der Waals surface area contributed by atoms with Crippen molar-refractivity contribution in [3.8, 4) is 0 Å². The fourth-order valence-corrected chi connectivity index (χ4v) is 2.32. The first-order chi connectivity index (χ1) is 12.4. The van der Waals surface area contributed by atoms with Gasteiger partial charge in [-0.2, -0.15) is 0 Å². The minimum Gasteiger partial charge on any atom is -0.378 e. The Bertz CT molecular complexity index is 918. The van der Waals surface area contributed by atoms with E-state index in [0.717, 1.165) is 11.4 Å². The largest absolute Gasteiger partial charge is 0.378 e. The molecule has 0 radical (unpaired) electrons. The van der Waals surface area contributed by atoms with Crippen molar-refractivity contribution in [2.45, 2.75) is 13.8 Å². The second kappa shape index (κ2) is 7.22. The molecule has 0 aliphatic carbocycles. The zero-order valence-electron chi connectivity index (χ0n) is 15.1. The minimum atomic E-state index is -0.380. The molecule has 8 nitrogen and oxygen atoms in total. The monoisotopic (exact) mass is 352 g/mol. The van der Waals surface area contributed by atoms with Crippen LogP contribution in [0, 0.1) is 13.8 Å². The van der Waals surface area contributed by atoms with Gasteiger partial charge in [-0.1, -0.05) is 5.16 Å². The molecule has 0 saturated heterocycles. The summed E-state index contributed by atoms with van der Waals surface area (Å²) in [6.07, 6.45) is 0. The summed E-state index contributed by atoms with van der Waals surface area (Å²) in [5.41, 5.74) is 2.84. The molecular weight excluding hydrogens is 332 g/mol. The SMILES string of the molecule is Cc1cc(C(=O)Nc2cc(C)on2)nc(Nc2ccc(N(C)C)cc2)n1. The average Bonchev–Trinajstić information content (AvgIpc) is 2.99. The third-order valence-corrected chi connectivity index (χ3v) is 3.60. The van der Waals surface area contributed by atoms with Crippen molar-refractivity contribution in [1.82, 2.24) is 15.1 Å². The molecule has 0 saturated carbocycles. The van der Waals surface area contributed by atoms with Crippen LogP contribution in [-0.2, 0) is 0 Å². The summed E-state index contributed by atoms with van der Waals surface area (Å²) in [6.45, 7) is 3.56. The topological polar surface area (TPSA) is 96.2 Å². The highest BCUT2D eigenvalue weighted by atomic mass is 16.5. The van der Waals surface area contributed by atoms with Gasteiger partial charge in [0.05, 0.1) is 0 Å². The Hall–Kier alpha value is -3.42. The molecule has 0 atom stereocenters. The Kier molecular flexibility index (Phi) is 4.83. The van der Waals surface area contributed by atoms with Crippen molar-refractivity contribution in [2.75, 3.05) is 29.6 Å². The standard InChI is InChI=1S/C18H20N6O2/c1-11-9-15(17(25)22-16-10-12(2)26-23-16)21-18(19-11)20-13-5-7-14(8-6-13)24(3)4/h5-10H,1-4H3,(H,19,20,21)(H,22,23,25). The van der Waals surface area contributed by atoms with Crippen LogP contribution in [0.4, 0.5) is 23.1 Å². The third kappa shape index (κ3) is 4.15. The molecule has 0 fully saturated rings. The number of rotatable bonds is 5. The number of benzene rings is 1. The van der Waals surface area contributed by atoms with E-state index in [1.54, 1.807) is 26.0 Å². The highest BCUT2D eigenvalue weighted by Gasteiger charge is 2.13. The Labute approximate surface area is 151 Å². The van der Waals surface area contributed by atoms with Crippen LogP contribution in [0.5, 0.6) is 0 Å². The van der Waals surface area contributed by atoms with Crippen LogP contribution in [-0.4, -0.2) is 35.1 Å². The number of anilines is 4. The molecule has 0 aliphatic heterocycles. The quantitative estimate of drug-likeness (QED) is 0.728. The van der Waals surface area contributed by atoms with E-state index in [9.17, 15) is 4.79 Å². The van der Waals surface area contributed by atoms with Gasteiger partial charge in [0.15, 0.2) is 5.82 Å². The number of hydrogen-bond acceptors (Lipinski definition) is 7. The van der Waals surface area contributed by atoms with Crippen LogP contribution in [0.3, 0.4) is 0 Å². The first kappa shape index (κ1) is 17.4.